The molecule has 1 aromatic heterocycles. The van der Waals surface area contributed by atoms with Crippen molar-refractivity contribution < 1.29 is 23.8 Å². The smallest absolute Gasteiger partial charge is 0.360 e. The number of ether oxygens (including phenoxy) is 3. The van der Waals surface area contributed by atoms with E-state index in [1.807, 2.05) is 6.92 Å². The first-order chi connectivity index (χ1) is 11.0. The van der Waals surface area contributed by atoms with Gasteiger partial charge in [-0.05, 0) is 47.1 Å². The Balaban J connectivity index is 2.28. The first-order valence-electron chi connectivity index (χ1n) is 6.84. The van der Waals surface area contributed by atoms with Crippen LogP contribution in [0.15, 0.2) is 34.9 Å². The Kier molecular flexibility index (Phi) is 5.44. The average molecular weight is 382 g/mol. The first-order valence-corrected chi connectivity index (χ1v) is 7.63. The lowest BCUT2D eigenvalue weighted by molar-refractivity contribution is 0.0600. The molecule has 0 fully saturated rings. The number of carbonyl (C=O) groups is 2. The summed E-state index contributed by atoms with van der Waals surface area (Å²) in [4.78, 5) is 23.9. The summed E-state index contributed by atoms with van der Waals surface area (Å²) in [6.07, 6.45) is 1.80. The van der Waals surface area contributed by atoms with Crippen molar-refractivity contribution in [2.75, 3.05) is 14.2 Å². The fourth-order valence-electron chi connectivity index (χ4n) is 2.06. The van der Waals surface area contributed by atoms with Crippen molar-refractivity contribution in [2.45, 2.75) is 13.5 Å². The quantitative estimate of drug-likeness (QED) is 0.587. The van der Waals surface area contributed by atoms with Gasteiger partial charge in [0.05, 0.1) is 19.8 Å². The molecule has 1 aromatic carbocycles. The third-order valence-electron chi connectivity index (χ3n) is 3.20. The summed E-state index contributed by atoms with van der Waals surface area (Å²) in [7, 11) is 2.72. The second-order valence-electron chi connectivity index (χ2n) is 4.58. The van der Waals surface area contributed by atoms with Crippen LogP contribution in [0.3, 0.4) is 0 Å². The van der Waals surface area contributed by atoms with Gasteiger partial charge in [-0.3, -0.25) is 0 Å². The van der Waals surface area contributed by atoms with Gasteiger partial charge >= 0.3 is 11.9 Å². The SMILES string of the molecule is CCn1cc(Br)cc1C(=O)Oc1ccc(C(=O)OC)cc1OC. The Morgan fingerprint density at radius 3 is 2.48 bits per heavy atom. The van der Waals surface area contributed by atoms with Gasteiger partial charge in [0, 0.05) is 17.2 Å². The molecule has 0 bridgehead atoms. The van der Waals surface area contributed by atoms with E-state index in [-0.39, 0.29) is 11.5 Å². The van der Waals surface area contributed by atoms with E-state index in [2.05, 4.69) is 20.7 Å². The van der Waals surface area contributed by atoms with Gasteiger partial charge in [0.15, 0.2) is 11.5 Å². The molecule has 2 rings (SSSR count). The minimum atomic E-state index is -0.512. The van der Waals surface area contributed by atoms with Crippen LogP contribution >= 0.6 is 15.9 Å². The first kappa shape index (κ1) is 17.1. The van der Waals surface area contributed by atoms with Crippen molar-refractivity contribution in [1.29, 1.82) is 0 Å². The highest BCUT2D eigenvalue weighted by molar-refractivity contribution is 9.10. The lowest BCUT2D eigenvalue weighted by Gasteiger charge is -2.11. The molecule has 0 spiro atoms. The monoisotopic (exact) mass is 381 g/mol. The van der Waals surface area contributed by atoms with Crippen LogP contribution < -0.4 is 9.47 Å². The second kappa shape index (κ2) is 7.32. The van der Waals surface area contributed by atoms with Crippen LogP contribution in [0.2, 0.25) is 0 Å². The molecule has 0 saturated carbocycles. The Morgan fingerprint density at radius 1 is 1.13 bits per heavy atom. The lowest BCUT2D eigenvalue weighted by Crippen LogP contribution is -2.14. The topological polar surface area (TPSA) is 66.8 Å². The number of esters is 2. The average Bonchev–Trinajstić information content (AvgIpc) is 2.95. The number of aryl methyl sites for hydroxylation is 1. The fourth-order valence-corrected chi connectivity index (χ4v) is 2.52. The minimum absolute atomic E-state index is 0.227. The minimum Gasteiger partial charge on any atom is -0.493 e. The molecule has 23 heavy (non-hydrogen) atoms. The van der Waals surface area contributed by atoms with Crippen LogP contribution in [0.1, 0.15) is 27.8 Å². The van der Waals surface area contributed by atoms with Gasteiger partial charge in [0.2, 0.25) is 0 Å². The maximum absolute atomic E-state index is 12.3. The standard InChI is InChI=1S/C16H16BrNO5/c1-4-18-9-11(17)8-12(18)16(20)23-13-6-5-10(15(19)22-3)7-14(13)21-2/h5-9H,4H2,1-3H3. The summed E-state index contributed by atoms with van der Waals surface area (Å²) in [6.45, 7) is 2.56. The van der Waals surface area contributed by atoms with Gasteiger partial charge in [-0.15, -0.1) is 0 Å². The number of methoxy groups -OCH3 is 2. The highest BCUT2D eigenvalue weighted by Gasteiger charge is 2.18. The third kappa shape index (κ3) is 3.73. The van der Waals surface area contributed by atoms with Gasteiger partial charge in [-0.2, -0.15) is 0 Å². The summed E-state index contributed by atoms with van der Waals surface area (Å²) in [6, 6.07) is 6.15. The number of benzene rings is 1. The van der Waals surface area contributed by atoms with E-state index in [9.17, 15) is 9.59 Å². The van der Waals surface area contributed by atoms with E-state index >= 15 is 0 Å². The zero-order valence-electron chi connectivity index (χ0n) is 13.0. The number of hydrogen-bond acceptors (Lipinski definition) is 5. The van der Waals surface area contributed by atoms with E-state index in [1.54, 1.807) is 16.8 Å². The van der Waals surface area contributed by atoms with Gasteiger partial charge in [-0.1, -0.05) is 0 Å². The second-order valence-corrected chi connectivity index (χ2v) is 5.49. The molecule has 2 aromatic rings. The Hall–Kier alpha value is -2.28. The number of nitrogens with zero attached hydrogens (tertiary/aromatic N) is 1. The molecule has 0 atom stereocenters. The van der Waals surface area contributed by atoms with E-state index in [0.29, 0.717) is 17.8 Å². The summed E-state index contributed by atoms with van der Waals surface area (Å²) < 4.78 is 17.8. The third-order valence-corrected chi connectivity index (χ3v) is 3.63. The maximum Gasteiger partial charge on any atom is 0.360 e. The highest BCUT2D eigenvalue weighted by Crippen LogP contribution is 2.29. The van der Waals surface area contributed by atoms with Crippen LogP contribution in [0.4, 0.5) is 0 Å². The zero-order valence-corrected chi connectivity index (χ0v) is 14.5. The van der Waals surface area contributed by atoms with Crippen LogP contribution in [0.5, 0.6) is 11.5 Å². The molecule has 0 aliphatic carbocycles. The van der Waals surface area contributed by atoms with E-state index in [1.165, 1.54) is 32.4 Å². The summed E-state index contributed by atoms with van der Waals surface area (Å²) in [5.41, 5.74) is 0.724. The molecular formula is C16H16BrNO5. The number of aromatic nitrogens is 1. The number of hydrogen-bond donors (Lipinski definition) is 0. The predicted octanol–water partition coefficient (Wildman–Crippen LogP) is 3.28. The van der Waals surface area contributed by atoms with E-state index < -0.39 is 11.9 Å². The molecule has 0 aliphatic heterocycles. The number of carbonyl (C=O) groups excluding carboxylic acids is 2. The molecular weight excluding hydrogens is 366 g/mol. The van der Waals surface area contributed by atoms with Crippen molar-refractivity contribution in [2.24, 2.45) is 0 Å². The Bertz CT molecular complexity index is 738. The molecule has 0 saturated heterocycles. The highest BCUT2D eigenvalue weighted by atomic mass is 79.9. The van der Waals surface area contributed by atoms with Crippen molar-refractivity contribution in [3.05, 3.63) is 46.2 Å². The van der Waals surface area contributed by atoms with Crippen molar-refractivity contribution in [3.8, 4) is 11.5 Å². The van der Waals surface area contributed by atoms with Crippen LogP contribution in [0.25, 0.3) is 0 Å². The van der Waals surface area contributed by atoms with Gasteiger partial charge in [0.1, 0.15) is 5.69 Å². The van der Waals surface area contributed by atoms with E-state index in [4.69, 9.17) is 9.47 Å². The lowest BCUT2D eigenvalue weighted by atomic mass is 10.2. The largest absolute Gasteiger partial charge is 0.493 e. The Labute approximate surface area is 142 Å². The maximum atomic E-state index is 12.3. The predicted molar refractivity (Wildman–Crippen MR) is 87.1 cm³/mol. The van der Waals surface area contributed by atoms with Gasteiger partial charge in [0.25, 0.3) is 0 Å². The summed E-state index contributed by atoms with van der Waals surface area (Å²) in [5, 5.41) is 0. The molecule has 1 heterocycles. The number of rotatable bonds is 5. The zero-order chi connectivity index (χ0) is 17.0. The molecule has 0 radical (unpaired) electrons. The van der Waals surface area contributed by atoms with E-state index in [0.717, 1.165) is 4.47 Å². The van der Waals surface area contributed by atoms with Crippen LogP contribution in [-0.4, -0.2) is 30.7 Å². The van der Waals surface area contributed by atoms with Crippen LogP contribution in [0, 0.1) is 0 Å². The molecule has 0 unspecified atom stereocenters. The Morgan fingerprint density at radius 2 is 1.87 bits per heavy atom. The molecule has 7 heteroatoms. The van der Waals surface area contributed by atoms with Crippen molar-refractivity contribution in [1.82, 2.24) is 4.57 Å². The number of halogens is 1. The summed E-state index contributed by atoms with van der Waals surface area (Å²) in [5.74, 6) is -0.508. The van der Waals surface area contributed by atoms with Crippen molar-refractivity contribution >= 4 is 27.9 Å². The normalized spacial score (nSPS) is 10.3. The molecule has 122 valence electrons. The van der Waals surface area contributed by atoms with Crippen LogP contribution in [-0.2, 0) is 11.3 Å². The van der Waals surface area contributed by atoms with Gasteiger partial charge in [-0.25, -0.2) is 9.59 Å². The summed E-state index contributed by atoms with van der Waals surface area (Å²) >= 11 is 3.33. The molecule has 0 N–H and O–H groups in total. The fraction of sp³-hybridized carbons (Fsp3) is 0.250. The van der Waals surface area contributed by atoms with Gasteiger partial charge < -0.3 is 18.8 Å². The molecule has 0 amide bonds. The molecule has 6 nitrogen and oxygen atoms in total. The molecule has 0 aliphatic rings. The van der Waals surface area contributed by atoms with Crippen molar-refractivity contribution in [3.63, 3.8) is 0 Å².